The number of carbonyl (C=O) groups is 1. The lowest BCUT2D eigenvalue weighted by Gasteiger charge is -2.25. The van der Waals surface area contributed by atoms with Gasteiger partial charge in [0.15, 0.2) is 16.3 Å². The normalized spacial score (nSPS) is 14.9. The molecular weight excluding hydrogens is 639 g/mol. The SMILES string of the molecule is CCOC(=O)C1=C(c2ccccc2)N=c2s/c(=C\c3cc(I)c(OCC)c(OC)c3)c(=O)n2[C@@H]1c1ccccc1. The van der Waals surface area contributed by atoms with Crippen LogP contribution in [0, 0.1) is 3.57 Å². The van der Waals surface area contributed by atoms with Crippen molar-refractivity contribution in [3.8, 4) is 11.5 Å². The molecule has 1 aliphatic rings. The van der Waals surface area contributed by atoms with E-state index in [1.807, 2.05) is 85.8 Å². The fourth-order valence-electron chi connectivity index (χ4n) is 4.65. The molecule has 9 heteroatoms. The third-order valence-corrected chi connectivity index (χ3v) is 8.11. The number of aromatic nitrogens is 1. The van der Waals surface area contributed by atoms with Crippen molar-refractivity contribution in [2.75, 3.05) is 20.3 Å². The van der Waals surface area contributed by atoms with Crippen molar-refractivity contribution in [1.29, 1.82) is 0 Å². The van der Waals surface area contributed by atoms with E-state index in [1.54, 1.807) is 18.6 Å². The van der Waals surface area contributed by atoms with Crippen LogP contribution in [-0.2, 0) is 9.53 Å². The lowest BCUT2D eigenvalue weighted by molar-refractivity contribution is -0.138. The summed E-state index contributed by atoms with van der Waals surface area (Å²) in [6, 6.07) is 22.1. The van der Waals surface area contributed by atoms with Crippen LogP contribution in [0.4, 0.5) is 0 Å². The highest BCUT2D eigenvalue weighted by Gasteiger charge is 2.35. The first kappa shape index (κ1) is 27.9. The van der Waals surface area contributed by atoms with Crippen LogP contribution < -0.4 is 24.4 Å². The molecule has 0 spiro atoms. The van der Waals surface area contributed by atoms with Crippen LogP contribution in [0.15, 0.2) is 88.2 Å². The minimum Gasteiger partial charge on any atom is -0.493 e. The maximum atomic E-state index is 14.0. The van der Waals surface area contributed by atoms with E-state index in [9.17, 15) is 9.59 Å². The van der Waals surface area contributed by atoms with E-state index >= 15 is 0 Å². The Kier molecular flexibility index (Phi) is 8.51. The quantitative estimate of drug-likeness (QED) is 0.197. The number of fused-ring (bicyclic) bond motifs is 1. The molecule has 1 atom stereocenters. The first-order valence-electron chi connectivity index (χ1n) is 12.8. The summed E-state index contributed by atoms with van der Waals surface area (Å²) in [5.41, 5.74) is 2.94. The molecule has 0 saturated heterocycles. The summed E-state index contributed by atoms with van der Waals surface area (Å²) >= 11 is 3.48. The molecule has 0 radical (unpaired) electrons. The molecule has 0 saturated carbocycles. The van der Waals surface area contributed by atoms with Crippen LogP contribution in [0.5, 0.6) is 11.5 Å². The molecule has 0 N–H and O–H groups in total. The largest absolute Gasteiger partial charge is 0.493 e. The van der Waals surface area contributed by atoms with E-state index in [4.69, 9.17) is 19.2 Å². The Labute approximate surface area is 249 Å². The molecule has 40 heavy (non-hydrogen) atoms. The first-order valence-corrected chi connectivity index (χ1v) is 14.7. The number of ether oxygens (including phenoxy) is 3. The number of hydrogen-bond donors (Lipinski definition) is 0. The number of benzene rings is 3. The number of carbonyl (C=O) groups excluding carboxylic acids is 1. The Bertz CT molecular complexity index is 1760. The molecule has 0 unspecified atom stereocenters. The number of thiazole rings is 1. The molecule has 1 aromatic heterocycles. The zero-order valence-corrected chi connectivity index (χ0v) is 25.2. The third-order valence-electron chi connectivity index (χ3n) is 6.33. The highest BCUT2D eigenvalue weighted by molar-refractivity contribution is 14.1. The Morgan fingerprint density at radius 2 is 1.75 bits per heavy atom. The van der Waals surface area contributed by atoms with Gasteiger partial charge in [-0.3, -0.25) is 9.36 Å². The minimum atomic E-state index is -0.705. The Hall–Kier alpha value is -3.70. The van der Waals surface area contributed by atoms with Crippen molar-refractivity contribution < 1.29 is 19.0 Å². The number of hydrogen-bond acceptors (Lipinski definition) is 7. The maximum Gasteiger partial charge on any atom is 0.338 e. The van der Waals surface area contributed by atoms with Gasteiger partial charge in [0.05, 0.1) is 45.7 Å². The second-order valence-corrected chi connectivity index (χ2v) is 11.0. The lowest BCUT2D eigenvalue weighted by atomic mass is 9.93. The summed E-state index contributed by atoms with van der Waals surface area (Å²) in [5.74, 6) is 0.754. The standard InChI is InChI=1S/C31H27IN2O5S/c1-4-38-28-22(32)16-19(17-23(28)37-3)18-24-29(35)34-27(21-14-10-7-11-15-21)25(30(36)39-5-2)26(33-31(34)40-24)20-12-8-6-9-13-20/h6-18,27H,4-5H2,1-3H3/b24-18-/t27-/m1/s1. The van der Waals surface area contributed by atoms with Gasteiger partial charge in [0, 0.05) is 5.56 Å². The molecule has 0 fully saturated rings. The lowest BCUT2D eigenvalue weighted by Crippen LogP contribution is -2.40. The minimum absolute atomic E-state index is 0.203. The van der Waals surface area contributed by atoms with Crippen molar-refractivity contribution >= 4 is 51.7 Å². The Morgan fingerprint density at radius 3 is 2.40 bits per heavy atom. The monoisotopic (exact) mass is 666 g/mol. The van der Waals surface area contributed by atoms with Gasteiger partial charge in [0.2, 0.25) is 0 Å². The molecular formula is C31H27IN2O5S. The van der Waals surface area contributed by atoms with E-state index in [2.05, 4.69) is 22.6 Å². The highest BCUT2D eigenvalue weighted by Crippen LogP contribution is 2.36. The third kappa shape index (κ3) is 5.35. The highest BCUT2D eigenvalue weighted by atomic mass is 127. The van der Waals surface area contributed by atoms with Gasteiger partial charge in [0.25, 0.3) is 5.56 Å². The van der Waals surface area contributed by atoms with Crippen molar-refractivity contribution in [2.24, 2.45) is 4.99 Å². The van der Waals surface area contributed by atoms with Crippen LogP contribution in [-0.4, -0.2) is 30.9 Å². The van der Waals surface area contributed by atoms with Crippen molar-refractivity contribution in [2.45, 2.75) is 19.9 Å². The Morgan fingerprint density at radius 1 is 1.05 bits per heavy atom. The van der Waals surface area contributed by atoms with E-state index in [1.165, 1.54) is 11.3 Å². The molecule has 1 aliphatic heterocycles. The van der Waals surface area contributed by atoms with Crippen molar-refractivity contribution in [1.82, 2.24) is 4.57 Å². The smallest absolute Gasteiger partial charge is 0.338 e. The van der Waals surface area contributed by atoms with Gasteiger partial charge in [-0.15, -0.1) is 0 Å². The summed E-state index contributed by atoms with van der Waals surface area (Å²) in [5, 5.41) is 0. The number of methoxy groups -OCH3 is 1. The number of rotatable bonds is 8. The zero-order chi connectivity index (χ0) is 28.2. The molecule has 0 aliphatic carbocycles. The molecule has 4 aromatic rings. The van der Waals surface area contributed by atoms with E-state index in [0.717, 1.165) is 20.3 Å². The fourth-order valence-corrected chi connectivity index (χ4v) is 6.43. The first-order chi connectivity index (χ1) is 19.5. The van der Waals surface area contributed by atoms with E-state index in [0.29, 0.717) is 38.7 Å². The fraction of sp³-hybridized carbons (Fsp3) is 0.194. The average molecular weight is 667 g/mol. The van der Waals surface area contributed by atoms with Gasteiger partial charge in [0.1, 0.15) is 0 Å². The van der Waals surface area contributed by atoms with E-state index in [-0.39, 0.29) is 12.2 Å². The van der Waals surface area contributed by atoms with Gasteiger partial charge >= 0.3 is 5.97 Å². The van der Waals surface area contributed by atoms with Gasteiger partial charge < -0.3 is 14.2 Å². The van der Waals surface area contributed by atoms with Gasteiger partial charge in [-0.2, -0.15) is 0 Å². The average Bonchev–Trinajstić information content (AvgIpc) is 3.28. The van der Waals surface area contributed by atoms with Gasteiger partial charge in [-0.05, 0) is 65.8 Å². The molecule has 0 bridgehead atoms. The van der Waals surface area contributed by atoms with Crippen LogP contribution in [0.2, 0.25) is 0 Å². The zero-order valence-electron chi connectivity index (χ0n) is 22.2. The molecule has 7 nitrogen and oxygen atoms in total. The molecule has 204 valence electrons. The number of esters is 1. The molecule has 0 amide bonds. The number of halogens is 1. The predicted octanol–water partition coefficient (Wildman–Crippen LogP) is 4.95. The second kappa shape index (κ2) is 12.2. The van der Waals surface area contributed by atoms with Crippen LogP contribution in [0.25, 0.3) is 11.8 Å². The number of nitrogens with zero attached hydrogens (tertiary/aromatic N) is 2. The maximum absolute atomic E-state index is 14.0. The van der Waals surface area contributed by atoms with E-state index < -0.39 is 12.0 Å². The molecule has 2 heterocycles. The topological polar surface area (TPSA) is 79.1 Å². The van der Waals surface area contributed by atoms with Crippen molar-refractivity contribution in [3.63, 3.8) is 0 Å². The van der Waals surface area contributed by atoms with Crippen LogP contribution >= 0.6 is 33.9 Å². The summed E-state index contributed by atoms with van der Waals surface area (Å²) < 4.78 is 19.8. The second-order valence-electron chi connectivity index (χ2n) is 8.81. The van der Waals surface area contributed by atoms with Crippen LogP contribution in [0.1, 0.15) is 36.6 Å². The van der Waals surface area contributed by atoms with Gasteiger partial charge in [-0.1, -0.05) is 72.0 Å². The summed E-state index contributed by atoms with van der Waals surface area (Å²) in [4.78, 5) is 32.9. The summed E-state index contributed by atoms with van der Waals surface area (Å²) in [6.45, 7) is 4.40. The Balaban J connectivity index is 1.78. The summed E-state index contributed by atoms with van der Waals surface area (Å²) in [6.07, 6.45) is 1.82. The van der Waals surface area contributed by atoms with Gasteiger partial charge in [-0.25, -0.2) is 9.79 Å². The molecule has 3 aromatic carbocycles. The predicted molar refractivity (Wildman–Crippen MR) is 164 cm³/mol. The molecule has 5 rings (SSSR count). The van der Waals surface area contributed by atoms with Crippen LogP contribution in [0.3, 0.4) is 0 Å². The van der Waals surface area contributed by atoms with Crippen molar-refractivity contribution in [3.05, 3.63) is 118 Å². The summed E-state index contributed by atoms with van der Waals surface area (Å²) in [7, 11) is 1.59.